The number of carboxylic acid groups (broad SMARTS) is 1. The molecule has 0 saturated heterocycles. The Morgan fingerprint density at radius 1 is 1.43 bits per heavy atom. The Kier molecular flexibility index (Phi) is 2.82. The van der Waals surface area contributed by atoms with Gasteiger partial charge >= 0.3 is 5.97 Å². The minimum absolute atomic E-state index is 0.0362. The molecule has 1 heterocycles. The Bertz CT molecular complexity index is 844. The van der Waals surface area contributed by atoms with Crippen LogP contribution in [0.3, 0.4) is 0 Å². The number of halogens is 3. The lowest BCUT2D eigenvalue weighted by molar-refractivity contribution is 0.0694. The van der Waals surface area contributed by atoms with Gasteiger partial charge < -0.3 is 9.67 Å². The number of alkyl halides is 1. The lowest BCUT2D eigenvalue weighted by Gasteiger charge is -2.14. The Labute approximate surface area is 116 Å². The Hall–Kier alpha value is -2.31. The van der Waals surface area contributed by atoms with Crippen molar-refractivity contribution in [1.29, 1.82) is 0 Å². The average Bonchev–Trinajstić information content (AvgIpc) is 3.14. The average molecular weight is 297 g/mol. The Balaban J connectivity index is 2.49. The largest absolute Gasteiger partial charge is 0.477 e. The van der Waals surface area contributed by atoms with Gasteiger partial charge in [0.1, 0.15) is 11.7 Å². The highest BCUT2D eigenvalue weighted by Gasteiger charge is 2.40. The molecule has 0 amide bonds. The standard InChI is InChI=1S/C14H10F3NO3/c1-5-11(17)9(16)2-6-12(5)18(10-3-8(10)15)4-7(13(6)19)14(20)21/h2,4,8,10H,3H2,1H3,(H,20,21). The number of hydrogen-bond acceptors (Lipinski definition) is 2. The van der Waals surface area contributed by atoms with Crippen molar-refractivity contribution in [2.24, 2.45) is 0 Å². The van der Waals surface area contributed by atoms with Crippen LogP contribution in [-0.4, -0.2) is 21.8 Å². The maximum absolute atomic E-state index is 13.7. The molecule has 1 aliphatic carbocycles. The third kappa shape index (κ3) is 1.91. The molecule has 1 aromatic heterocycles. The number of nitrogens with zero attached hydrogens (tertiary/aromatic N) is 1. The third-order valence-corrected chi connectivity index (χ3v) is 3.70. The summed E-state index contributed by atoms with van der Waals surface area (Å²) in [6.45, 7) is 1.27. The number of aromatic nitrogens is 1. The zero-order valence-electron chi connectivity index (χ0n) is 10.9. The summed E-state index contributed by atoms with van der Waals surface area (Å²) < 4.78 is 41.8. The number of aromatic carboxylic acids is 1. The fourth-order valence-electron chi connectivity index (χ4n) is 2.51. The molecule has 2 atom stereocenters. The van der Waals surface area contributed by atoms with Crippen LogP contribution >= 0.6 is 0 Å². The van der Waals surface area contributed by atoms with Crippen LogP contribution in [0, 0.1) is 18.6 Å². The van der Waals surface area contributed by atoms with Gasteiger partial charge in [-0.15, -0.1) is 0 Å². The Morgan fingerprint density at radius 3 is 2.57 bits per heavy atom. The number of carbonyl (C=O) groups is 1. The molecule has 7 heteroatoms. The van der Waals surface area contributed by atoms with Crippen molar-refractivity contribution in [1.82, 2.24) is 4.57 Å². The number of carboxylic acids is 1. The molecule has 1 fully saturated rings. The minimum Gasteiger partial charge on any atom is -0.477 e. The van der Waals surface area contributed by atoms with E-state index in [9.17, 15) is 22.8 Å². The molecule has 1 aliphatic rings. The molecule has 1 N–H and O–H groups in total. The molecule has 0 aliphatic heterocycles. The van der Waals surface area contributed by atoms with E-state index in [2.05, 4.69) is 0 Å². The molecule has 2 unspecified atom stereocenters. The maximum atomic E-state index is 13.7. The van der Waals surface area contributed by atoms with Crippen LogP contribution in [0.4, 0.5) is 13.2 Å². The van der Waals surface area contributed by atoms with Gasteiger partial charge in [-0.05, 0) is 13.0 Å². The summed E-state index contributed by atoms with van der Waals surface area (Å²) in [7, 11) is 0. The van der Waals surface area contributed by atoms with E-state index in [0.717, 1.165) is 6.20 Å². The van der Waals surface area contributed by atoms with Gasteiger partial charge in [-0.2, -0.15) is 0 Å². The molecule has 4 nitrogen and oxygen atoms in total. The predicted octanol–water partition coefficient (Wildman–Crippen LogP) is 2.57. The predicted molar refractivity (Wildman–Crippen MR) is 68.4 cm³/mol. The summed E-state index contributed by atoms with van der Waals surface area (Å²) in [5, 5.41) is 8.78. The molecular weight excluding hydrogens is 287 g/mol. The number of benzene rings is 1. The van der Waals surface area contributed by atoms with E-state index in [1.54, 1.807) is 0 Å². The fraction of sp³-hybridized carbons (Fsp3) is 0.286. The van der Waals surface area contributed by atoms with Crippen LogP contribution in [0.25, 0.3) is 10.9 Å². The third-order valence-electron chi connectivity index (χ3n) is 3.70. The lowest BCUT2D eigenvalue weighted by atomic mass is 10.1. The van der Waals surface area contributed by atoms with E-state index in [-0.39, 0.29) is 22.9 Å². The highest BCUT2D eigenvalue weighted by atomic mass is 19.2. The summed E-state index contributed by atoms with van der Waals surface area (Å²) in [6.07, 6.45) is -0.0401. The van der Waals surface area contributed by atoms with Crippen molar-refractivity contribution in [2.75, 3.05) is 0 Å². The first-order valence-electron chi connectivity index (χ1n) is 6.23. The summed E-state index contributed by atoms with van der Waals surface area (Å²) in [5.41, 5.74) is -1.61. The van der Waals surface area contributed by atoms with Crippen LogP contribution in [0.5, 0.6) is 0 Å². The maximum Gasteiger partial charge on any atom is 0.341 e. The second kappa shape index (κ2) is 4.34. The summed E-state index contributed by atoms with van der Waals surface area (Å²) in [4.78, 5) is 23.2. The molecule has 0 radical (unpaired) electrons. The number of hydrogen-bond donors (Lipinski definition) is 1. The van der Waals surface area contributed by atoms with Crippen LogP contribution in [-0.2, 0) is 0 Å². The molecule has 3 rings (SSSR count). The number of aryl methyl sites for hydroxylation is 1. The van der Waals surface area contributed by atoms with E-state index in [4.69, 9.17) is 5.11 Å². The molecular formula is C14H10F3NO3. The number of rotatable bonds is 2. The molecule has 21 heavy (non-hydrogen) atoms. The van der Waals surface area contributed by atoms with Gasteiger partial charge in [0.15, 0.2) is 11.6 Å². The highest BCUT2D eigenvalue weighted by Crippen LogP contribution is 2.41. The van der Waals surface area contributed by atoms with E-state index in [1.165, 1.54) is 11.5 Å². The second-order valence-corrected chi connectivity index (χ2v) is 5.10. The van der Waals surface area contributed by atoms with E-state index >= 15 is 0 Å². The Morgan fingerprint density at radius 2 is 2.05 bits per heavy atom. The van der Waals surface area contributed by atoms with Crippen molar-refractivity contribution in [3.63, 3.8) is 0 Å². The van der Waals surface area contributed by atoms with Crippen molar-refractivity contribution >= 4 is 16.9 Å². The first kappa shape index (κ1) is 13.7. The first-order chi connectivity index (χ1) is 9.82. The van der Waals surface area contributed by atoms with Crippen LogP contribution in [0.1, 0.15) is 28.4 Å². The van der Waals surface area contributed by atoms with Gasteiger partial charge in [-0.3, -0.25) is 4.79 Å². The van der Waals surface area contributed by atoms with Gasteiger partial charge in [-0.25, -0.2) is 18.0 Å². The molecule has 0 bridgehead atoms. The SMILES string of the molecule is Cc1c(F)c(F)cc2c(=O)c(C(=O)O)cn(C3CC3F)c12. The number of fused-ring (bicyclic) bond motifs is 1. The fourth-order valence-corrected chi connectivity index (χ4v) is 2.51. The van der Waals surface area contributed by atoms with Crippen molar-refractivity contribution in [3.8, 4) is 0 Å². The normalized spacial score (nSPS) is 20.8. The van der Waals surface area contributed by atoms with Crippen molar-refractivity contribution in [3.05, 3.63) is 45.2 Å². The zero-order valence-corrected chi connectivity index (χ0v) is 10.9. The summed E-state index contributed by atoms with van der Waals surface area (Å²) in [6, 6.07) is 0.00761. The lowest BCUT2D eigenvalue weighted by Crippen LogP contribution is -2.20. The van der Waals surface area contributed by atoms with Crippen LogP contribution in [0.15, 0.2) is 17.1 Å². The molecule has 2 aromatic rings. The van der Waals surface area contributed by atoms with E-state index in [0.29, 0.717) is 6.07 Å². The molecule has 110 valence electrons. The van der Waals surface area contributed by atoms with Gasteiger partial charge in [0.2, 0.25) is 5.43 Å². The van der Waals surface area contributed by atoms with E-state index < -0.39 is 40.8 Å². The van der Waals surface area contributed by atoms with Crippen molar-refractivity contribution in [2.45, 2.75) is 25.6 Å². The number of pyridine rings is 1. The van der Waals surface area contributed by atoms with Crippen LogP contribution in [0.2, 0.25) is 0 Å². The topological polar surface area (TPSA) is 59.3 Å². The summed E-state index contributed by atoms with van der Waals surface area (Å²) in [5.74, 6) is -3.86. The highest BCUT2D eigenvalue weighted by molar-refractivity contribution is 5.93. The van der Waals surface area contributed by atoms with Gasteiger partial charge in [0, 0.05) is 23.6 Å². The van der Waals surface area contributed by atoms with Gasteiger partial charge in [0.25, 0.3) is 0 Å². The van der Waals surface area contributed by atoms with Crippen LogP contribution < -0.4 is 5.43 Å². The van der Waals surface area contributed by atoms with Crippen molar-refractivity contribution < 1.29 is 23.1 Å². The quantitative estimate of drug-likeness (QED) is 0.926. The van der Waals surface area contributed by atoms with Gasteiger partial charge in [0.05, 0.1) is 11.6 Å². The second-order valence-electron chi connectivity index (χ2n) is 5.10. The summed E-state index contributed by atoms with van der Waals surface area (Å²) >= 11 is 0. The first-order valence-corrected chi connectivity index (χ1v) is 6.23. The molecule has 1 aromatic carbocycles. The smallest absolute Gasteiger partial charge is 0.341 e. The minimum atomic E-state index is -1.49. The van der Waals surface area contributed by atoms with E-state index in [1.807, 2.05) is 0 Å². The molecule has 0 spiro atoms. The zero-order chi connectivity index (χ0) is 15.5. The monoisotopic (exact) mass is 297 g/mol. The van der Waals surface area contributed by atoms with Gasteiger partial charge in [-0.1, -0.05) is 0 Å². The molecule has 1 saturated carbocycles.